The second-order valence-corrected chi connectivity index (χ2v) is 4.08. The third kappa shape index (κ3) is 4.17. The predicted molar refractivity (Wildman–Crippen MR) is 63.4 cm³/mol. The summed E-state index contributed by atoms with van der Waals surface area (Å²) in [5.74, 6) is 0.795. The molecular weight excluding hydrogens is 172 g/mol. The number of rotatable bonds is 5. The van der Waals surface area contributed by atoms with Crippen molar-refractivity contribution in [3.05, 3.63) is 24.3 Å². The van der Waals surface area contributed by atoms with E-state index in [1.807, 2.05) is 24.3 Å². The van der Waals surface area contributed by atoms with Gasteiger partial charge in [-0.2, -0.15) is 0 Å². The van der Waals surface area contributed by atoms with Crippen molar-refractivity contribution in [3.8, 4) is 0 Å². The van der Waals surface area contributed by atoms with Crippen LogP contribution in [0.5, 0.6) is 0 Å². The quantitative estimate of drug-likeness (QED) is 0.555. The average Bonchev–Trinajstić information content (AvgIpc) is 2.15. The van der Waals surface area contributed by atoms with Gasteiger partial charge in [-0.1, -0.05) is 13.8 Å². The topological polar surface area (TPSA) is 38.0 Å². The summed E-state index contributed by atoms with van der Waals surface area (Å²) in [6.45, 7) is 5.55. The molecule has 1 rings (SSSR count). The van der Waals surface area contributed by atoms with E-state index < -0.39 is 0 Å². The summed E-state index contributed by atoms with van der Waals surface area (Å²) in [6, 6.07) is 7.88. The minimum atomic E-state index is 0.795. The molecule has 0 saturated heterocycles. The number of hydrogen-bond donors (Lipinski definition) is 2. The molecule has 0 radical (unpaired) electrons. The molecule has 0 bridgehead atoms. The van der Waals surface area contributed by atoms with Gasteiger partial charge >= 0.3 is 0 Å². The molecule has 2 heteroatoms. The van der Waals surface area contributed by atoms with Crippen molar-refractivity contribution >= 4 is 11.4 Å². The summed E-state index contributed by atoms with van der Waals surface area (Å²) >= 11 is 0. The third-order valence-electron chi connectivity index (χ3n) is 2.20. The molecule has 2 nitrogen and oxygen atoms in total. The fourth-order valence-corrected chi connectivity index (χ4v) is 1.34. The smallest absolute Gasteiger partial charge is 0.0341 e. The highest BCUT2D eigenvalue weighted by atomic mass is 14.9. The third-order valence-corrected chi connectivity index (χ3v) is 2.20. The van der Waals surface area contributed by atoms with Gasteiger partial charge in [-0.05, 0) is 43.0 Å². The van der Waals surface area contributed by atoms with Crippen LogP contribution in [0.2, 0.25) is 0 Å². The molecular formula is C12H20N2. The lowest BCUT2D eigenvalue weighted by Gasteiger charge is -2.07. The average molecular weight is 192 g/mol. The van der Waals surface area contributed by atoms with Gasteiger partial charge in [0.05, 0.1) is 0 Å². The van der Waals surface area contributed by atoms with E-state index in [0.717, 1.165) is 23.8 Å². The number of nitrogens with one attached hydrogen (secondary N) is 1. The van der Waals surface area contributed by atoms with Gasteiger partial charge < -0.3 is 11.1 Å². The van der Waals surface area contributed by atoms with Crippen LogP contribution >= 0.6 is 0 Å². The lowest BCUT2D eigenvalue weighted by atomic mass is 10.1. The van der Waals surface area contributed by atoms with Gasteiger partial charge in [0.1, 0.15) is 0 Å². The Hall–Kier alpha value is -1.18. The monoisotopic (exact) mass is 192 g/mol. The number of hydrogen-bond acceptors (Lipinski definition) is 2. The first-order valence-corrected chi connectivity index (χ1v) is 5.28. The van der Waals surface area contributed by atoms with Crippen molar-refractivity contribution < 1.29 is 0 Å². The van der Waals surface area contributed by atoms with Crippen LogP contribution in [0.15, 0.2) is 24.3 Å². The van der Waals surface area contributed by atoms with E-state index in [9.17, 15) is 0 Å². The molecule has 3 N–H and O–H groups in total. The van der Waals surface area contributed by atoms with Crippen molar-refractivity contribution in [2.75, 3.05) is 17.6 Å². The van der Waals surface area contributed by atoms with Crippen LogP contribution in [0.4, 0.5) is 11.4 Å². The van der Waals surface area contributed by atoms with Crippen LogP contribution in [-0.2, 0) is 0 Å². The Labute approximate surface area is 86.5 Å². The van der Waals surface area contributed by atoms with Gasteiger partial charge in [0.15, 0.2) is 0 Å². The van der Waals surface area contributed by atoms with Crippen LogP contribution in [0.1, 0.15) is 26.7 Å². The number of nitrogens with two attached hydrogens (primary N) is 1. The number of nitrogen functional groups attached to an aromatic ring is 1. The molecule has 0 amide bonds. The summed E-state index contributed by atoms with van der Waals surface area (Å²) in [5, 5.41) is 3.37. The molecule has 0 fully saturated rings. The first kappa shape index (κ1) is 10.9. The molecule has 0 unspecified atom stereocenters. The van der Waals surface area contributed by atoms with Gasteiger partial charge in [0.25, 0.3) is 0 Å². The van der Waals surface area contributed by atoms with E-state index in [0.29, 0.717) is 0 Å². The van der Waals surface area contributed by atoms with Crippen LogP contribution in [0, 0.1) is 5.92 Å². The van der Waals surface area contributed by atoms with E-state index in [2.05, 4.69) is 19.2 Å². The lowest BCUT2D eigenvalue weighted by molar-refractivity contribution is 0.567. The van der Waals surface area contributed by atoms with Crippen molar-refractivity contribution in [2.45, 2.75) is 26.7 Å². The van der Waals surface area contributed by atoms with Crippen molar-refractivity contribution in [1.29, 1.82) is 0 Å². The second-order valence-electron chi connectivity index (χ2n) is 4.08. The summed E-state index contributed by atoms with van der Waals surface area (Å²) in [4.78, 5) is 0. The predicted octanol–water partition coefficient (Wildman–Crippen LogP) is 3.12. The van der Waals surface area contributed by atoms with Crippen molar-refractivity contribution in [1.82, 2.24) is 0 Å². The SMILES string of the molecule is CC(C)CCCNc1ccc(N)cc1. The molecule has 0 saturated carbocycles. The first-order valence-electron chi connectivity index (χ1n) is 5.28. The Kier molecular flexibility index (Phi) is 4.30. The Morgan fingerprint density at radius 3 is 2.43 bits per heavy atom. The first-order chi connectivity index (χ1) is 6.68. The molecule has 0 aliphatic carbocycles. The van der Waals surface area contributed by atoms with Crippen LogP contribution in [-0.4, -0.2) is 6.54 Å². The van der Waals surface area contributed by atoms with E-state index in [4.69, 9.17) is 5.73 Å². The number of benzene rings is 1. The fraction of sp³-hybridized carbons (Fsp3) is 0.500. The minimum Gasteiger partial charge on any atom is -0.399 e. The molecule has 1 aromatic rings. The fourth-order valence-electron chi connectivity index (χ4n) is 1.34. The summed E-state index contributed by atoms with van der Waals surface area (Å²) in [5.41, 5.74) is 7.57. The zero-order chi connectivity index (χ0) is 10.4. The highest BCUT2D eigenvalue weighted by molar-refractivity contribution is 5.50. The normalized spacial score (nSPS) is 10.5. The highest BCUT2D eigenvalue weighted by Gasteiger charge is 1.94. The van der Waals surface area contributed by atoms with Crippen molar-refractivity contribution in [2.24, 2.45) is 5.92 Å². The largest absolute Gasteiger partial charge is 0.399 e. The molecule has 78 valence electrons. The zero-order valence-electron chi connectivity index (χ0n) is 9.09. The maximum absolute atomic E-state index is 5.59. The zero-order valence-corrected chi connectivity index (χ0v) is 9.09. The molecule has 0 atom stereocenters. The van der Waals surface area contributed by atoms with Crippen LogP contribution in [0.25, 0.3) is 0 Å². The molecule has 0 aliphatic rings. The van der Waals surface area contributed by atoms with Crippen LogP contribution in [0.3, 0.4) is 0 Å². The second kappa shape index (κ2) is 5.53. The van der Waals surface area contributed by atoms with Crippen molar-refractivity contribution in [3.63, 3.8) is 0 Å². The van der Waals surface area contributed by atoms with Gasteiger partial charge in [-0.25, -0.2) is 0 Å². The maximum Gasteiger partial charge on any atom is 0.0341 e. The van der Waals surface area contributed by atoms with E-state index in [1.54, 1.807) is 0 Å². The molecule has 0 heterocycles. The Balaban J connectivity index is 2.21. The number of anilines is 2. The van der Waals surface area contributed by atoms with Crippen LogP contribution < -0.4 is 11.1 Å². The summed E-state index contributed by atoms with van der Waals surface area (Å²) < 4.78 is 0. The van der Waals surface area contributed by atoms with E-state index in [-0.39, 0.29) is 0 Å². The molecule has 0 aliphatic heterocycles. The summed E-state index contributed by atoms with van der Waals surface area (Å²) in [7, 11) is 0. The standard InChI is InChI=1S/C12H20N2/c1-10(2)4-3-9-14-12-7-5-11(13)6-8-12/h5-8,10,14H,3-4,9,13H2,1-2H3. The lowest BCUT2D eigenvalue weighted by Crippen LogP contribution is -2.02. The Morgan fingerprint density at radius 1 is 1.21 bits per heavy atom. The summed E-state index contributed by atoms with van der Waals surface area (Å²) in [6.07, 6.45) is 2.50. The highest BCUT2D eigenvalue weighted by Crippen LogP contribution is 2.11. The van der Waals surface area contributed by atoms with Gasteiger partial charge in [0.2, 0.25) is 0 Å². The van der Waals surface area contributed by atoms with E-state index in [1.165, 1.54) is 12.8 Å². The molecule has 0 spiro atoms. The maximum atomic E-state index is 5.59. The Morgan fingerprint density at radius 2 is 1.86 bits per heavy atom. The minimum absolute atomic E-state index is 0.795. The molecule has 14 heavy (non-hydrogen) atoms. The molecule has 1 aromatic carbocycles. The van der Waals surface area contributed by atoms with E-state index >= 15 is 0 Å². The van der Waals surface area contributed by atoms with Gasteiger partial charge in [-0.3, -0.25) is 0 Å². The molecule has 0 aromatic heterocycles. The van der Waals surface area contributed by atoms with Gasteiger partial charge in [0, 0.05) is 17.9 Å². The Bertz CT molecular complexity index is 252. The van der Waals surface area contributed by atoms with Gasteiger partial charge in [-0.15, -0.1) is 0 Å².